The van der Waals surface area contributed by atoms with Crippen LogP contribution in [0.1, 0.15) is 147 Å². The van der Waals surface area contributed by atoms with E-state index < -0.39 is 0 Å². The summed E-state index contributed by atoms with van der Waals surface area (Å²) in [5.41, 5.74) is 10.5. The molecule has 3 saturated carbocycles. The van der Waals surface area contributed by atoms with Gasteiger partial charge in [-0.15, -0.1) is 0 Å². The van der Waals surface area contributed by atoms with Gasteiger partial charge in [0.2, 0.25) is 0 Å². The number of ether oxygens (including phenoxy) is 2. The van der Waals surface area contributed by atoms with E-state index in [0.717, 1.165) is 18.7 Å². The Labute approximate surface area is 288 Å². The van der Waals surface area contributed by atoms with Crippen molar-refractivity contribution in [2.75, 3.05) is 0 Å². The summed E-state index contributed by atoms with van der Waals surface area (Å²) in [6, 6.07) is 13.2. The lowest BCUT2D eigenvalue weighted by molar-refractivity contribution is 0.00711. The van der Waals surface area contributed by atoms with Gasteiger partial charge in [0.1, 0.15) is 17.6 Å². The molecule has 2 N–H and O–H groups in total. The molecule has 3 aliphatic rings. The van der Waals surface area contributed by atoms with E-state index in [4.69, 9.17) is 9.47 Å². The third-order valence-corrected chi connectivity index (χ3v) is 8.71. The van der Waals surface area contributed by atoms with Crippen molar-refractivity contribution in [3.05, 3.63) is 93.8 Å². The molecule has 1 unspecified atom stereocenters. The topological polar surface area (TPSA) is 50.7 Å². The molecule has 262 valence electrons. The molecule has 0 spiro atoms. The summed E-state index contributed by atoms with van der Waals surface area (Å²) in [5, 5.41) is 14.3. The number of aliphatic hydroxyl groups is 1. The number of allylic oxidation sites excluding steroid dienone is 3. The van der Waals surface area contributed by atoms with Gasteiger partial charge in [0.05, 0.1) is 12.2 Å². The van der Waals surface area contributed by atoms with Crippen LogP contribution in [0.4, 0.5) is 0 Å². The summed E-state index contributed by atoms with van der Waals surface area (Å²) >= 11 is 0. The molecule has 0 aromatic heterocycles. The molecule has 3 fully saturated rings. The number of aryl methyl sites for hydroxylation is 2. The molecule has 5 rings (SSSR count). The highest BCUT2D eigenvalue weighted by molar-refractivity contribution is 5.72. The normalized spacial score (nSPS) is 16.3. The highest BCUT2D eigenvalue weighted by Crippen LogP contribution is 2.37. The Balaban J connectivity index is 0.000000671. The second-order valence-corrected chi connectivity index (χ2v) is 13.0. The number of hydrogen-bond donors (Lipinski definition) is 2. The van der Waals surface area contributed by atoms with Gasteiger partial charge in [-0.3, -0.25) is 0 Å². The molecule has 47 heavy (non-hydrogen) atoms. The lowest BCUT2D eigenvalue weighted by atomic mass is 9.99. The van der Waals surface area contributed by atoms with Crippen LogP contribution < -0.4 is 10.1 Å². The van der Waals surface area contributed by atoms with Crippen LogP contribution in [-0.4, -0.2) is 23.4 Å². The lowest BCUT2D eigenvalue weighted by Gasteiger charge is -2.21. The smallest absolute Gasteiger partial charge is 0.120 e. The Morgan fingerprint density at radius 3 is 2.11 bits per heavy atom. The van der Waals surface area contributed by atoms with E-state index in [0.29, 0.717) is 18.3 Å². The molecule has 0 heterocycles. The molecular formula is C43H67NO3. The molecule has 0 radical (unpaired) electrons. The molecule has 0 amide bonds. The fourth-order valence-corrected chi connectivity index (χ4v) is 6.12. The zero-order valence-electron chi connectivity index (χ0n) is 31.4. The number of hydrogen-bond acceptors (Lipinski definition) is 4. The van der Waals surface area contributed by atoms with Crippen molar-refractivity contribution in [3.63, 3.8) is 0 Å². The first-order valence-corrected chi connectivity index (χ1v) is 18.8. The van der Waals surface area contributed by atoms with Crippen molar-refractivity contribution in [3.8, 4) is 5.75 Å². The third kappa shape index (κ3) is 14.0. The van der Waals surface area contributed by atoms with Gasteiger partial charge in [0, 0.05) is 24.2 Å². The van der Waals surface area contributed by atoms with Gasteiger partial charge < -0.3 is 19.9 Å². The molecule has 3 aliphatic carbocycles. The second kappa shape index (κ2) is 21.8. The summed E-state index contributed by atoms with van der Waals surface area (Å²) in [6.45, 7) is 23.0. The number of aliphatic hydroxyl groups excluding tert-OH is 1. The maximum absolute atomic E-state index is 10.5. The minimum absolute atomic E-state index is 0.0508. The summed E-state index contributed by atoms with van der Waals surface area (Å²) in [6.07, 6.45) is 16.0. The van der Waals surface area contributed by atoms with Gasteiger partial charge >= 0.3 is 0 Å². The van der Waals surface area contributed by atoms with Crippen LogP contribution in [0.3, 0.4) is 0 Å². The van der Waals surface area contributed by atoms with Crippen LogP contribution in [0.25, 0.3) is 5.70 Å². The van der Waals surface area contributed by atoms with E-state index >= 15 is 0 Å². The van der Waals surface area contributed by atoms with Crippen LogP contribution in [0.5, 0.6) is 5.75 Å². The van der Waals surface area contributed by atoms with Crippen molar-refractivity contribution >= 4 is 5.70 Å². The minimum atomic E-state index is -0.319. The van der Waals surface area contributed by atoms with Crippen molar-refractivity contribution in [1.29, 1.82) is 0 Å². The maximum atomic E-state index is 10.5. The van der Waals surface area contributed by atoms with Gasteiger partial charge in [0.25, 0.3) is 0 Å². The zero-order valence-corrected chi connectivity index (χ0v) is 31.4. The van der Waals surface area contributed by atoms with Gasteiger partial charge in [-0.25, -0.2) is 0 Å². The number of rotatable bonds is 12. The van der Waals surface area contributed by atoms with Gasteiger partial charge in [-0.1, -0.05) is 65.0 Å². The summed E-state index contributed by atoms with van der Waals surface area (Å²) in [4.78, 5) is 0. The van der Waals surface area contributed by atoms with Crippen LogP contribution in [0.15, 0.2) is 66.0 Å². The van der Waals surface area contributed by atoms with E-state index in [9.17, 15) is 5.11 Å². The van der Waals surface area contributed by atoms with E-state index in [1.54, 1.807) is 0 Å². The highest BCUT2D eigenvalue weighted by Gasteiger charge is 2.22. The van der Waals surface area contributed by atoms with Gasteiger partial charge in [-0.05, 0) is 150 Å². The van der Waals surface area contributed by atoms with Crippen molar-refractivity contribution in [2.24, 2.45) is 0 Å². The Hall–Kier alpha value is -2.98. The summed E-state index contributed by atoms with van der Waals surface area (Å²) in [5.74, 6) is 1.32. The Kier molecular flexibility index (Phi) is 18.6. The first-order valence-electron chi connectivity index (χ1n) is 18.8. The molecular weight excluding hydrogens is 578 g/mol. The monoisotopic (exact) mass is 646 g/mol. The SMILES string of the molecule is C=C1CCCC1.CC.CC.CC/C=C(/O)C(Cc1ccc(C)c(CNC(=C2CC2)c2ccc(OC3CCCC3)cc2C)c1)OC(C)C. The zero-order chi connectivity index (χ0) is 34.8. The first-order chi connectivity index (χ1) is 22.7. The van der Waals surface area contributed by atoms with Crippen LogP contribution in [0, 0.1) is 13.8 Å². The molecule has 0 saturated heterocycles. The second-order valence-electron chi connectivity index (χ2n) is 13.0. The largest absolute Gasteiger partial charge is 0.510 e. The van der Waals surface area contributed by atoms with E-state index in [1.165, 1.54) is 109 Å². The van der Waals surface area contributed by atoms with Crippen LogP contribution in [0.2, 0.25) is 0 Å². The average molecular weight is 646 g/mol. The molecule has 2 aromatic carbocycles. The van der Waals surface area contributed by atoms with E-state index in [-0.39, 0.29) is 12.2 Å². The summed E-state index contributed by atoms with van der Waals surface area (Å²) in [7, 11) is 0. The Bertz CT molecular complexity index is 1270. The van der Waals surface area contributed by atoms with E-state index in [2.05, 4.69) is 62.1 Å². The molecule has 4 nitrogen and oxygen atoms in total. The average Bonchev–Trinajstić information content (AvgIpc) is 3.55. The predicted molar refractivity (Wildman–Crippen MR) is 203 cm³/mol. The van der Waals surface area contributed by atoms with E-state index in [1.807, 2.05) is 54.5 Å². The number of nitrogens with one attached hydrogen (secondary N) is 1. The highest BCUT2D eigenvalue weighted by atomic mass is 16.5. The molecule has 4 heteroatoms. The Morgan fingerprint density at radius 1 is 0.915 bits per heavy atom. The summed E-state index contributed by atoms with van der Waals surface area (Å²) < 4.78 is 12.3. The minimum Gasteiger partial charge on any atom is -0.510 e. The predicted octanol–water partition coefficient (Wildman–Crippen LogP) is 12.3. The first kappa shape index (κ1) is 40.2. The van der Waals surface area contributed by atoms with Crippen LogP contribution in [-0.2, 0) is 17.7 Å². The van der Waals surface area contributed by atoms with Crippen molar-refractivity contribution < 1.29 is 14.6 Å². The quantitative estimate of drug-likeness (QED) is 0.178. The maximum Gasteiger partial charge on any atom is 0.120 e. The molecule has 2 aromatic rings. The molecule has 0 bridgehead atoms. The third-order valence-electron chi connectivity index (χ3n) is 8.71. The molecule has 1 atom stereocenters. The fraction of sp³-hybridized carbons (Fsp3) is 0.581. The Morgan fingerprint density at radius 2 is 1.57 bits per heavy atom. The molecule has 0 aliphatic heterocycles. The van der Waals surface area contributed by atoms with Crippen molar-refractivity contribution in [1.82, 2.24) is 5.32 Å². The van der Waals surface area contributed by atoms with Crippen LogP contribution >= 0.6 is 0 Å². The standard InChI is InChI=1S/C33H45NO3.C6H10.2C2H6/c1-6-9-31(35)32(36-22(2)3)20-25-13-12-23(4)27(19-25)21-34-33(26-14-15-26)30-17-16-29(18-24(30)5)37-28-10-7-8-11-28;1-6-4-2-3-5-6;2*1-2/h9,12-13,16-19,22,28,32,34-35H,6-8,10-11,14-15,20-21H2,1-5H3;1-5H2;2*1-2H3/b31-9+;;;. The number of benzene rings is 2. The lowest BCUT2D eigenvalue weighted by Crippen LogP contribution is -2.23. The van der Waals surface area contributed by atoms with Crippen molar-refractivity contribution in [2.45, 2.75) is 164 Å². The van der Waals surface area contributed by atoms with Gasteiger partial charge in [0.15, 0.2) is 0 Å². The fourth-order valence-electron chi connectivity index (χ4n) is 6.12. The van der Waals surface area contributed by atoms with Gasteiger partial charge in [-0.2, -0.15) is 0 Å².